The maximum Gasteiger partial charge on any atom is 0.251 e. The predicted molar refractivity (Wildman–Crippen MR) is 132 cm³/mol. The van der Waals surface area contributed by atoms with Gasteiger partial charge in [0, 0.05) is 28.8 Å². The Bertz CT molecular complexity index is 1250. The Morgan fingerprint density at radius 1 is 0.941 bits per heavy atom. The summed E-state index contributed by atoms with van der Waals surface area (Å²) in [7, 11) is 5.61. The highest BCUT2D eigenvalue weighted by Gasteiger charge is 2.19. The zero-order valence-electron chi connectivity index (χ0n) is 19.8. The van der Waals surface area contributed by atoms with Crippen molar-refractivity contribution in [2.45, 2.75) is 13.0 Å². The number of methoxy groups -OCH3 is 1. The van der Waals surface area contributed by atoms with Crippen molar-refractivity contribution in [3.63, 3.8) is 0 Å². The van der Waals surface area contributed by atoms with Crippen LogP contribution in [0.3, 0.4) is 0 Å². The van der Waals surface area contributed by atoms with Crippen LogP contribution in [0.2, 0.25) is 0 Å². The van der Waals surface area contributed by atoms with Crippen LogP contribution < -0.4 is 10.1 Å². The number of rotatable bonds is 8. The van der Waals surface area contributed by atoms with Crippen LogP contribution in [0.15, 0.2) is 77.2 Å². The van der Waals surface area contributed by atoms with Gasteiger partial charge in [-0.15, -0.1) is 10.2 Å². The van der Waals surface area contributed by atoms with E-state index in [-0.39, 0.29) is 11.9 Å². The molecule has 7 heteroatoms. The fourth-order valence-corrected chi connectivity index (χ4v) is 3.72. The normalized spacial score (nSPS) is 11.9. The van der Waals surface area contributed by atoms with Gasteiger partial charge in [0.25, 0.3) is 5.91 Å². The predicted octanol–water partition coefficient (Wildman–Crippen LogP) is 4.75. The molecule has 1 heterocycles. The first-order valence-corrected chi connectivity index (χ1v) is 11.0. The largest absolute Gasteiger partial charge is 0.496 e. The van der Waals surface area contributed by atoms with Crippen LogP contribution in [0, 0.1) is 6.92 Å². The minimum atomic E-state index is -0.154. The van der Waals surface area contributed by atoms with E-state index in [1.54, 1.807) is 19.2 Å². The highest BCUT2D eigenvalue weighted by atomic mass is 16.5. The number of likely N-dealkylation sites (N-methyl/N-ethyl adjacent to an activating group) is 1. The van der Waals surface area contributed by atoms with Gasteiger partial charge in [0.1, 0.15) is 5.75 Å². The molecule has 1 N–H and O–H groups in total. The van der Waals surface area contributed by atoms with E-state index in [0.717, 1.165) is 28.0 Å². The van der Waals surface area contributed by atoms with Crippen molar-refractivity contribution < 1.29 is 13.9 Å². The van der Waals surface area contributed by atoms with Gasteiger partial charge in [0.05, 0.1) is 13.2 Å². The smallest absolute Gasteiger partial charge is 0.251 e. The Kier molecular flexibility index (Phi) is 7.04. The molecular formula is C27H28N4O3. The summed E-state index contributed by atoms with van der Waals surface area (Å²) in [4.78, 5) is 14.9. The fourth-order valence-electron chi connectivity index (χ4n) is 3.72. The minimum absolute atomic E-state index is 0.0297. The van der Waals surface area contributed by atoms with E-state index < -0.39 is 0 Å². The maximum absolute atomic E-state index is 12.8. The lowest BCUT2D eigenvalue weighted by molar-refractivity contribution is 0.0941. The number of aromatic nitrogens is 2. The summed E-state index contributed by atoms with van der Waals surface area (Å²) >= 11 is 0. The van der Waals surface area contributed by atoms with E-state index in [1.165, 1.54) is 0 Å². The quantitative estimate of drug-likeness (QED) is 0.412. The van der Waals surface area contributed by atoms with Crippen molar-refractivity contribution in [1.82, 2.24) is 20.4 Å². The lowest BCUT2D eigenvalue weighted by Crippen LogP contribution is -2.34. The summed E-state index contributed by atoms with van der Waals surface area (Å²) in [5.74, 6) is 1.51. The second-order valence-electron chi connectivity index (χ2n) is 8.29. The van der Waals surface area contributed by atoms with Crippen molar-refractivity contribution >= 4 is 5.91 Å². The molecule has 0 saturated carbocycles. The van der Waals surface area contributed by atoms with Crippen LogP contribution in [0.5, 0.6) is 5.75 Å². The molecule has 1 amide bonds. The Labute approximate surface area is 199 Å². The molecule has 0 unspecified atom stereocenters. The molecule has 0 aliphatic carbocycles. The topological polar surface area (TPSA) is 80.5 Å². The van der Waals surface area contributed by atoms with Gasteiger partial charge in [-0.3, -0.25) is 4.79 Å². The first-order valence-electron chi connectivity index (χ1n) is 11.0. The number of hydrogen-bond donors (Lipinski definition) is 1. The van der Waals surface area contributed by atoms with Crippen LogP contribution in [0.25, 0.3) is 22.9 Å². The minimum Gasteiger partial charge on any atom is -0.496 e. The van der Waals surface area contributed by atoms with Crippen molar-refractivity contribution in [2.75, 3.05) is 27.7 Å². The van der Waals surface area contributed by atoms with Gasteiger partial charge in [0.2, 0.25) is 11.8 Å². The van der Waals surface area contributed by atoms with E-state index in [9.17, 15) is 4.79 Å². The van der Waals surface area contributed by atoms with E-state index in [0.29, 0.717) is 23.9 Å². The van der Waals surface area contributed by atoms with Crippen molar-refractivity contribution in [1.29, 1.82) is 0 Å². The zero-order valence-corrected chi connectivity index (χ0v) is 19.8. The Hall–Kier alpha value is -3.97. The number of para-hydroxylation sites is 1. The summed E-state index contributed by atoms with van der Waals surface area (Å²) in [5, 5.41) is 11.3. The monoisotopic (exact) mass is 456 g/mol. The molecule has 4 aromatic rings. The molecule has 0 saturated heterocycles. The van der Waals surface area contributed by atoms with Crippen molar-refractivity contribution in [3.05, 3.63) is 89.5 Å². The first kappa shape index (κ1) is 23.2. The molecule has 174 valence electrons. The Balaban J connectivity index is 1.43. The molecule has 34 heavy (non-hydrogen) atoms. The van der Waals surface area contributed by atoms with Crippen molar-refractivity contribution in [3.8, 4) is 28.7 Å². The van der Waals surface area contributed by atoms with E-state index >= 15 is 0 Å². The molecule has 7 nitrogen and oxygen atoms in total. The zero-order chi connectivity index (χ0) is 24.1. The van der Waals surface area contributed by atoms with Gasteiger partial charge in [0.15, 0.2) is 0 Å². The second-order valence-corrected chi connectivity index (χ2v) is 8.29. The first-order chi connectivity index (χ1) is 16.5. The summed E-state index contributed by atoms with van der Waals surface area (Å²) in [6, 6.07) is 22.9. The van der Waals surface area contributed by atoms with Crippen molar-refractivity contribution in [2.24, 2.45) is 0 Å². The Morgan fingerprint density at radius 2 is 1.53 bits per heavy atom. The number of carbonyl (C=O) groups excluding carboxylic acids is 1. The van der Waals surface area contributed by atoms with E-state index in [2.05, 4.69) is 20.4 Å². The maximum atomic E-state index is 12.8. The van der Waals surface area contributed by atoms with Gasteiger partial charge in [-0.05, 0) is 63.5 Å². The number of ether oxygens (including phenoxy) is 1. The van der Waals surface area contributed by atoms with Gasteiger partial charge in [-0.1, -0.05) is 35.9 Å². The Morgan fingerprint density at radius 3 is 2.12 bits per heavy atom. The molecule has 4 rings (SSSR count). The van der Waals surface area contributed by atoms with Gasteiger partial charge < -0.3 is 19.4 Å². The number of hydrogen-bond acceptors (Lipinski definition) is 6. The number of carbonyl (C=O) groups is 1. The SMILES string of the molecule is COc1ccccc1[C@H](CNC(=O)c1ccc(-c2nnc(-c3ccc(C)cc3)o2)cc1)N(C)C. The van der Waals surface area contributed by atoms with Crippen LogP contribution in [-0.4, -0.2) is 48.8 Å². The molecule has 1 aromatic heterocycles. The number of aryl methyl sites for hydroxylation is 1. The summed E-state index contributed by atoms with van der Waals surface area (Å²) in [6.07, 6.45) is 0. The van der Waals surface area contributed by atoms with Crippen LogP contribution in [-0.2, 0) is 0 Å². The third-order valence-corrected chi connectivity index (χ3v) is 5.69. The number of nitrogens with zero attached hydrogens (tertiary/aromatic N) is 3. The number of nitrogens with one attached hydrogen (secondary N) is 1. The van der Waals surface area contributed by atoms with Crippen LogP contribution in [0.1, 0.15) is 27.5 Å². The summed E-state index contributed by atoms with van der Waals surface area (Å²) in [5.41, 5.74) is 4.36. The third-order valence-electron chi connectivity index (χ3n) is 5.69. The summed E-state index contributed by atoms with van der Waals surface area (Å²) in [6.45, 7) is 2.47. The van der Waals surface area contributed by atoms with Gasteiger partial charge >= 0.3 is 0 Å². The van der Waals surface area contributed by atoms with E-state index in [1.807, 2.05) is 81.7 Å². The highest BCUT2D eigenvalue weighted by Crippen LogP contribution is 2.28. The standard InChI is InChI=1S/C27H28N4O3/c1-18-9-11-20(12-10-18)26-29-30-27(34-26)21-15-13-19(14-16-21)25(32)28-17-23(31(2)3)22-7-5-6-8-24(22)33-4/h5-16,23H,17H2,1-4H3,(H,28,32)/t23-/m0/s1. The highest BCUT2D eigenvalue weighted by molar-refractivity contribution is 5.94. The van der Waals surface area contributed by atoms with Gasteiger partial charge in [-0.25, -0.2) is 0 Å². The molecule has 0 aliphatic rings. The fraction of sp³-hybridized carbons (Fsp3) is 0.222. The molecule has 0 spiro atoms. The number of benzene rings is 3. The molecule has 0 bridgehead atoms. The van der Waals surface area contributed by atoms with Crippen LogP contribution >= 0.6 is 0 Å². The summed E-state index contributed by atoms with van der Waals surface area (Å²) < 4.78 is 11.3. The van der Waals surface area contributed by atoms with Gasteiger partial charge in [-0.2, -0.15) is 0 Å². The number of amides is 1. The lowest BCUT2D eigenvalue weighted by Gasteiger charge is -2.26. The second kappa shape index (κ2) is 10.3. The van der Waals surface area contributed by atoms with E-state index in [4.69, 9.17) is 9.15 Å². The molecule has 0 aliphatic heterocycles. The third kappa shape index (κ3) is 5.15. The van der Waals surface area contributed by atoms with Crippen LogP contribution in [0.4, 0.5) is 0 Å². The molecule has 1 atom stereocenters. The molecule has 0 fully saturated rings. The molecule has 0 radical (unpaired) electrons. The molecule has 3 aromatic carbocycles. The average molecular weight is 457 g/mol. The molecular weight excluding hydrogens is 428 g/mol. The lowest BCUT2D eigenvalue weighted by atomic mass is 10.0. The average Bonchev–Trinajstić information content (AvgIpc) is 3.35.